The Hall–Kier alpha value is -1.97. The van der Waals surface area contributed by atoms with Crippen LogP contribution in [0.2, 0.25) is 0 Å². The second kappa shape index (κ2) is 10.8. The standard InChI is InChI=1S/C21H32N2O2/c1-3-4-5-6-7-8-9-15-25-20-12-10-11-19-21(20)18(16-23-19)13-14-22-17(2)24/h10-12,16,23H,3-9,13-15H2,1-2H3,(H,22,24). The van der Waals surface area contributed by atoms with Crippen molar-refractivity contribution < 1.29 is 9.53 Å². The zero-order valence-electron chi connectivity index (χ0n) is 15.7. The van der Waals surface area contributed by atoms with Crippen molar-refractivity contribution in [1.82, 2.24) is 10.3 Å². The summed E-state index contributed by atoms with van der Waals surface area (Å²) in [6.45, 7) is 5.21. The SMILES string of the molecule is CCCCCCCCCOc1cccc2[nH]cc(CCNC(C)=O)c12. The van der Waals surface area contributed by atoms with Crippen LogP contribution in [-0.2, 0) is 11.2 Å². The molecule has 0 fully saturated rings. The van der Waals surface area contributed by atoms with Gasteiger partial charge in [0.2, 0.25) is 5.91 Å². The lowest BCUT2D eigenvalue weighted by Gasteiger charge is -2.09. The maximum Gasteiger partial charge on any atom is 0.216 e. The number of hydrogen-bond acceptors (Lipinski definition) is 2. The Bertz CT molecular complexity index is 648. The first-order valence-electron chi connectivity index (χ1n) is 9.68. The third-order valence-electron chi connectivity index (χ3n) is 4.52. The van der Waals surface area contributed by atoms with Crippen molar-refractivity contribution in [3.63, 3.8) is 0 Å². The average molecular weight is 344 g/mol. The molecule has 25 heavy (non-hydrogen) atoms. The first-order valence-corrected chi connectivity index (χ1v) is 9.68. The second-order valence-electron chi connectivity index (χ2n) is 6.70. The molecule has 0 aliphatic carbocycles. The number of aromatic nitrogens is 1. The maximum absolute atomic E-state index is 11.0. The minimum atomic E-state index is 0.00949. The Balaban J connectivity index is 1.83. The molecular weight excluding hydrogens is 312 g/mol. The summed E-state index contributed by atoms with van der Waals surface area (Å²) in [4.78, 5) is 14.3. The molecule has 0 aliphatic heterocycles. The van der Waals surface area contributed by atoms with Gasteiger partial charge in [-0.1, -0.05) is 51.5 Å². The van der Waals surface area contributed by atoms with E-state index in [0.717, 1.165) is 36.1 Å². The summed E-state index contributed by atoms with van der Waals surface area (Å²) in [6, 6.07) is 6.13. The highest BCUT2D eigenvalue weighted by molar-refractivity contribution is 5.89. The number of amides is 1. The van der Waals surface area contributed by atoms with E-state index in [0.29, 0.717) is 6.54 Å². The largest absolute Gasteiger partial charge is 0.493 e. The number of rotatable bonds is 12. The first kappa shape index (κ1) is 19.4. The minimum absolute atomic E-state index is 0.00949. The molecule has 0 spiro atoms. The Labute approximate surface area is 151 Å². The molecule has 0 unspecified atom stereocenters. The molecule has 1 heterocycles. The molecule has 1 aromatic heterocycles. The van der Waals surface area contributed by atoms with E-state index in [1.165, 1.54) is 44.1 Å². The van der Waals surface area contributed by atoms with Gasteiger partial charge >= 0.3 is 0 Å². The molecule has 0 radical (unpaired) electrons. The van der Waals surface area contributed by atoms with Crippen LogP contribution in [0.4, 0.5) is 0 Å². The highest BCUT2D eigenvalue weighted by Gasteiger charge is 2.09. The number of aromatic amines is 1. The molecule has 2 N–H and O–H groups in total. The number of benzene rings is 1. The van der Waals surface area contributed by atoms with Crippen LogP contribution in [0.5, 0.6) is 5.75 Å². The number of H-pyrrole nitrogens is 1. The van der Waals surface area contributed by atoms with Gasteiger partial charge in [-0.05, 0) is 30.5 Å². The quantitative estimate of drug-likeness (QED) is 0.534. The van der Waals surface area contributed by atoms with Crippen LogP contribution in [0.1, 0.15) is 64.4 Å². The summed E-state index contributed by atoms with van der Waals surface area (Å²) in [5, 5.41) is 4.00. The van der Waals surface area contributed by atoms with Crippen LogP contribution in [0.25, 0.3) is 10.9 Å². The number of carbonyl (C=O) groups excluding carboxylic acids is 1. The number of unbranched alkanes of at least 4 members (excludes halogenated alkanes) is 6. The lowest BCUT2D eigenvalue weighted by Crippen LogP contribution is -2.22. The van der Waals surface area contributed by atoms with Crippen LogP contribution < -0.4 is 10.1 Å². The molecule has 0 aliphatic rings. The molecule has 0 bridgehead atoms. The van der Waals surface area contributed by atoms with E-state index in [2.05, 4.69) is 23.3 Å². The van der Waals surface area contributed by atoms with E-state index in [1.54, 1.807) is 6.92 Å². The van der Waals surface area contributed by atoms with E-state index < -0.39 is 0 Å². The van der Waals surface area contributed by atoms with Crippen molar-refractivity contribution in [2.45, 2.75) is 65.2 Å². The van der Waals surface area contributed by atoms with Crippen molar-refractivity contribution in [3.05, 3.63) is 30.0 Å². The number of fused-ring (bicyclic) bond motifs is 1. The predicted molar refractivity (Wildman–Crippen MR) is 104 cm³/mol. The number of carbonyl (C=O) groups is 1. The molecule has 0 saturated heterocycles. The monoisotopic (exact) mass is 344 g/mol. The van der Waals surface area contributed by atoms with Crippen LogP contribution >= 0.6 is 0 Å². The number of hydrogen-bond donors (Lipinski definition) is 2. The van der Waals surface area contributed by atoms with Crippen molar-refractivity contribution in [2.75, 3.05) is 13.2 Å². The molecule has 4 heteroatoms. The van der Waals surface area contributed by atoms with E-state index >= 15 is 0 Å². The average Bonchev–Trinajstić information content (AvgIpc) is 3.01. The fraction of sp³-hybridized carbons (Fsp3) is 0.571. The summed E-state index contributed by atoms with van der Waals surface area (Å²) in [7, 11) is 0. The van der Waals surface area contributed by atoms with Gasteiger partial charge in [0, 0.05) is 30.6 Å². The molecule has 4 nitrogen and oxygen atoms in total. The summed E-state index contributed by atoms with van der Waals surface area (Å²) in [5.41, 5.74) is 2.29. The molecule has 138 valence electrons. The molecule has 2 rings (SSSR count). The lowest BCUT2D eigenvalue weighted by atomic mass is 10.1. The predicted octanol–water partition coefficient (Wildman–Crippen LogP) is 4.98. The van der Waals surface area contributed by atoms with Crippen LogP contribution in [0.15, 0.2) is 24.4 Å². The van der Waals surface area contributed by atoms with E-state index in [9.17, 15) is 4.79 Å². The topological polar surface area (TPSA) is 54.1 Å². The summed E-state index contributed by atoms with van der Waals surface area (Å²) < 4.78 is 6.07. The van der Waals surface area contributed by atoms with Gasteiger partial charge in [0.15, 0.2) is 0 Å². The number of nitrogens with one attached hydrogen (secondary N) is 2. The lowest BCUT2D eigenvalue weighted by molar-refractivity contribution is -0.118. The molecular formula is C21H32N2O2. The third-order valence-corrected chi connectivity index (χ3v) is 4.52. The third kappa shape index (κ3) is 6.45. The summed E-state index contributed by atoms with van der Waals surface area (Å²) in [5.74, 6) is 0.956. The highest BCUT2D eigenvalue weighted by Crippen LogP contribution is 2.29. The van der Waals surface area contributed by atoms with Crippen molar-refractivity contribution in [2.24, 2.45) is 0 Å². The molecule has 1 aromatic carbocycles. The van der Waals surface area contributed by atoms with Crippen molar-refractivity contribution in [3.8, 4) is 5.75 Å². The summed E-state index contributed by atoms with van der Waals surface area (Å²) in [6.07, 6.45) is 11.8. The Morgan fingerprint density at radius 3 is 2.64 bits per heavy atom. The maximum atomic E-state index is 11.0. The van der Waals surface area contributed by atoms with Gasteiger partial charge < -0.3 is 15.0 Å². The normalized spacial score (nSPS) is 11.0. The highest BCUT2D eigenvalue weighted by atomic mass is 16.5. The fourth-order valence-electron chi connectivity index (χ4n) is 3.15. The summed E-state index contributed by atoms with van der Waals surface area (Å²) >= 11 is 0. The Kier molecular flexibility index (Phi) is 8.36. The first-order chi connectivity index (χ1) is 12.2. The smallest absolute Gasteiger partial charge is 0.216 e. The van der Waals surface area contributed by atoms with Gasteiger partial charge in [-0.3, -0.25) is 4.79 Å². The van der Waals surface area contributed by atoms with Crippen LogP contribution in [-0.4, -0.2) is 24.0 Å². The van der Waals surface area contributed by atoms with Gasteiger partial charge in [0.05, 0.1) is 6.61 Å². The van der Waals surface area contributed by atoms with Crippen molar-refractivity contribution in [1.29, 1.82) is 0 Å². The fourth-order valence-corrected chi connectivity index (χ4v) is 3.15. The van der Waals surface area contributed by atoms with E-state index in [4.69, 9.17) is 4.74 Å². The molecule has 0 atom stereocenters. The molecule has 0 saturated carbocycles. The van der Waals surface area contributed by atoms with Gasteiger partial charge in [-0.15, -0.1) is 0 Å². The second-order valence-corrected chi connectivity index (χ2v) is 6.70. The minimum Gasteiger partial charge on any atom is -0.493 e. The molecule has 1 amide bonds. The Morgan fingerprint density at radius 1 is 1.12 bits per heavy atom. The van der Waals surface area contributed by atoms with Gasteiger partial charge in [-0.25, -0.2) is 0 Å². The van der Waals surface area contributed by atoms with Gasteiger partial charge in [0.25, 0.3) is 0 Å². The number of ether oxygens (including phenoxy) is 1. The van der Waals surface area contributed by atoms with Crippen LogP contribution in [0, 0.1) is 0 Å². The van der Waals surface area contributed by atoms with E-state index in [1.807, 2.05) is 18.3 Å². The van der Waals surface area contributed by atoms with Gasteiger partial charge in [-0.2, -0.15) is 0 Å². The zero-order valence-corrected chi connectivity index (χ0v) is 15.7. The van der Waals surface area contributed by atoms with E-state index in [-0.39, 0.29) is 5.91 Å². The zero-order chi connectivity index (χ0) is 17.9. The molecule has 2 aromatic rings. The van der Waals surface area contributed by atoms with Crippen LogP contribution in [0.3, 0.4) is 0 Å². The van der Waals surface area contributed by atoms with Crippen molar-refractivity contribution >= 4 is 16.8 Å². The van der Waals surface area contributed by atoms with Gasteiger partial charge in [0.1, 0.15) is 5.75 Å². The Morgan fingerprint density at radius 2 is 1.88 bits per heavy atom.